The predicted molar refractivity (Wildman–Crippen MR) is 103 cm³/mol. The van der Waals surface area contributed by atoms with Gasteiger partial charge in [-0.1, -0.05) is 18.0 Å². The summed E-state index contributed by atoms with van der Waals surface area (Å²) in [5.74, 6) is 0.207. The molecule has 1 amide bonds. The first kappa shape index (κ1) is 20.0. The van der Waals surface area contributed by atoms with Gasteiger partial charge in [0.25, 0.3) is 5.91 Å². The van der Waals surface area contributed by atoms with E-state index in [9.17, 15) is 18.0 Å². The lowest BCUT2D eigenvalue weighted by atomic mass is 10.1. The third-order valence-electron chi connectivity index (χ3n) is 5.94. The standard InChI is InChI=1S/C21H22F3N5O2/c1-12-9-17(31-27-12)16-5-3-2-4-8-28(16)20(30)15-11-19-25-14(13-6-7-13)10-18(21(22,23)24)29(19)26-15/h9-11,13,16H,2-8H2,1H3/t16-/m0/s1. The topological polar surface area (TPSA) is 76.5 Å². The molecule has 1 atom stereocenters. The maximum absolute atomic E-state index is 13.7. The predicted octanol–water partition coefficient (Wildman–Crippen LogP) is 4.68. The summed E-state index contributed by atoms with van der Waals surface area (Å²) < 4.78 is 47.2. The van der Waals surface area contributed by atoms with Gasteiger partial charge >= 0.3 is 6.18 Å². The molecule has 2 aliphatic rings. The summed E-state index contributed by atoms with van der Waals surface area (Å²) in [6.45, 7) is 2.28. The first-order chi connectivity index (χ1) is 14.8. The van der Waals surface area contributed by atoms with E-state index in [2.05, 4.69) is 15.2 Å². The zero-order chi connectivity index (χ0) is 21.8. The fourth-order valence-electron chi connectivity index (χ4n) is 4.22. The van der Waals surface area contributed by atoms with E-state index in [1.807, 2.05) is 0 Å². The summed E-state index contributed by atoms with van der Waals surface area (Å²) in [4.78, 5) is 19.4. The monoisotopic (exact) mass is 433 g/mol. The summed E-state index contributed by atoms with van der Waals surface area (Å²) in [5.41, 5.74) is 0.210. The number of fused-ring (bicyclic) bond motifs is 1. The van der Waals surface area contributed by atoms with E-state index in [0.29, 0.717) is 30.1 Å². The minimum Gasteiger partial charge on any atom is -0.359 e. The average Bonchev–Trinajstić information content (AvgIpc) is 3.42. The lowest BCUT2D eigenvalue weighted by Gasteiger charge is -2.27. The number of aryl methyl sites for hydroxylation is 1. The molecule has 1 aliphatic heterocycles. The lowest BCUT2D eigenvalue weighted by Crippen LogP contribution is -2.35. The molecule has 164 valence electrons. The van der Waals surface area contributed by atoms with E-state index in [0.717, 1.165) is 42.7 Å². The number of amides is 1. The molecule has 0 bridgehead atoms. The van der Waals surface area contributed by atoms with Crippen molar-refractivity contribution in [1.82, 2.24) is 24.7 Å². The zero-order valence-corrected chi connectivity index (χ0v) is 17.0. The van der Waals surface area contributed by atoms with Gasteiger partial charge in [0, 0.05) is 30.3 Å². The third kappa shape index (κ3) is 3.79. The largest absolute Gasteiger partial charge is 0.433 e. The molecule has 0 N–H and O–H groups in total. The molecule has 0 aromatic carbocycles. The highest BCUT2D eigenvalue weighted by molar-refractivity contribution is 5.93. The van der Waals surface area contributed by atoms with E-state index < -0.39 is 17.8 Å². The number of aromatic nitrogens is 4. The number of nitrogens with zero attached hydrogens (tertiary/aromatic N) is 5. The maximum atomic E-state index is 13.7. The van der Waals surface area contributed by atoms with Crippen molar-refractivity contribution < 1.29 is 22.5 Å². The highest BCUT2D eigenvalue weighted by Crippen LogP contribution is 2.41. The minimum absolute atomic E-state index is 0.0435. The lowest BCUT2D eigenvalue weighted by molar-refractivity contribution is -0.142. The number of carbonyl (C=O) groups excluding carboxylic acids is 1. The van der Waals surface area contributed by atoms with Crippen molar-refractivity contribution in [3.63, 3.8) is 0 Å². The van der Waals surface area contributed by atoms with Crippen molar-refractivity contribution in [3.05, 3.63) is 46.7 Å². The highest BCUT2D eigenvalue weighted by atomic mass is 19.4. The van der Waals surface area contributed by atoms with Crippen molar-refractivity contribution in [2.45, 2.75) is 63.6 Å². The van der Waals surface area contributed by atoms with Gasteiger partial charge in [-0.2, -0.15) is 18.3 Å². The van der Waals surface area contributed by atoms with Crippen LogP contribution < -0.4 is 0 Å². The molecule has 31 heavy (non-hydrogen) atoms. The van der Waals surface area contributed by atoms with Gasteiger partial charge < -0.3 is 9.42 Å². The van der Waals surface area contributed by atoms with Crippen LogP contribution in [-0.2, 0) is 6.18 Å². The van der Waals surface area contributed by atoms with Crippen LogP contribution in [0.5, 0.6) is 0 Å². The molecule has 0 spiro atoms. The van der Waals surface area contributed by atoms with Crippen LogP contribution in [0.3, 0.4) is 0 Å². The average molecular weight is 433 g/mol. The molecule has 0 unspecified atom stereocenters. The molecule has 5 rings (SSSR count). The highest BCUT2D eigenvalue weighted by Gasteiger charge is 2.38. The summed E-state index contributed by atoms with van der Waals surface area (Å²) in [6.07, 6.45) is 0.442. The van der Waals surface area contributed by atoms with Gasteiger partial charge in [-0.3, -0.25) is 4.79 Å². The summed E-state index contributed by atoms with van der Waals surface area (Å²) >= 11 is 0. The first-order valence-electron chi connectivity index (χ1n) is 10.5. The van der Waals surface area contributed by atoms with Gasteiger partial charge in [-0.15, -0.1) is 0 Å². The molecule has 3 aromatic rings. The maximum Gasteiger partial charge on any atom is 0.433 e. The molecule has 7 nitrogen and oxygen atoms in total. The van der Waals surface area contributed by atoms with Gasteiger partial charge in [0.15, 0.2) is 17.1 Å². The Morgan fingerprint density at radius 2 is 1.94 bits per heavy atom. The van der Waals surface area contributed by atoms with Crippen molar-refractivity contribution in [1.29, 1.82) is 0 Å². The van der Waals surface area contributed by atoms with Crippen molar-refractivity contribution in [2.24, 2.45) is 0 Å². The Bertz CT molecular complexity index is 1130. The normalized spacial score (nSPS) is 20.3. The van der Waals surface area contributed by atoms with Crippen LogP contribution in [0, 0.1) is 6.92 Å². The molecule has 3 aromatic heterocycles. The Kier molecular flexibility index (Phi) is 4.75. The Morgan fingerprint density at radius 3 is 2.61 bits per heavy atom. The van der Waals surface area contributed by atoms with Crippen molar-refractivity contribution in [3.8, 4) is 0 Å². The number of halogens is 3. The SMILES string of the molecule is Cc1cc([C@@H]2CCCCCN2C(=O)c2cc3nc(C4CC4)cc(C(F)(F)F)n3n2)on1. The number of alkyl halides is 3. The smallest absolute Gasteiger partial charge is 0.359 e. The second-order valence-corrected chi connectivity index (χ2v) is 8.37. The number of rotatable bonds is 3. The molecule has 10 heteroatoms. The summed E-state index contributed by atoms with van der Waals surface area (Å²) in [5, 5.41) is 7.96. The van der Waals surface area contributed by atoms with Crippen LogP contribution in [0.2, 0.25) is 0 Å². The van der Waals surface area contributed by atoms with Crippen molar-refractivity contribution in [2.75, 3.05) is 6.54 Å². The van der Waals surface area contributed by atoms with E-state index in [1.54, 1.807) is 17.9 Å². The second kappa shape index (κ2) is 7.35. The third-order valence-corrected chi connectivity index (χ3v) is 5.94. The zero-order valence-electron chi connectivity index (χ0n) is 17.0. The van der Waals surface area contributed by atoms with Gasteiger partial charge in [-0.05, 0) is 38.7 Å². The Balaban J connectivity index is 1.55. The number of hydrogen-bond donors (Lipinski definition) is 0. The molecular formula is C21H22F3N5O2. The molecule has 4 heterocycles. The van der Waals surface area contributed by atoms with Gasteiger partial charge in [0.1, 0.15) is 5.69 Å². The van der Waals surface area contributed by atoms with Crippen LogP contribution in [0.4, 0.5) is 13.2 Å². The summed E-state index contributed by atoms with van der Waals surface area (Å²) in [7, 11) is 0. The van der Waals surface area contributed by atoms with Crippen LogP contribution >= 0.6 is 0 Å². The van der Waals surface area contributed by atoms with E-state index >= 15 is 0 Å². The van der Waals surface area contributed by atoms with Gasteiger partial charge in [0.05, 0.1) is 11.7 Å². The van der Waals surface area contributed by atoms with Gasteiger partial charge in [-0.25, -0.2) is 9.50 Å². The van der Waals surface area contributed by atoms with Crippen LogP contribution in [0.25, 0.3) is 5.65 Å². The molecule has 1 aliphatic carbocycles. The molecule has 1 saturated heterocycles. The Labute approximate surface area is 176 Å². The minimum atomic E-state index is -4.60. The van der Waals surface area contributed by atoms with Gasteiger partial charge in [0.2, 0.25) is 0 Å². The fraction of sp³-hybridized carbons (Fsp3) is 0.524. The van der Waals surface area contributed by atoms with Crippen LogP contribution in [-0.4, -0.2) is 37.1 Å². The first-order valence-corrected chi connectivity index (χ1v) is 10.5. The molecule has 1 saturated carbocycles. The number of carbonyl (C=O) groups is 1. The Morgan fingerprint density at radius 1 is 1.13 bits per heavy atom. The fourth-order valence-corrected chi connectivity index (χ4v) is 4.22. The number of likely N-dealkylation sites (tertiary alicyclic amines) is 1. The molecule has 2 fully saturated rings. The summed E-state index contributed by atoms with van der Waals surface area (Å²) in [6, 6.07) is 3.89. The number of hydrogen-bond acceptors (Lipinski definition) is 5. The van der Waals surface area contributed by atoms with Crippen molar-refractivity contribution >= 4 is 11.6 Å². The van der Waals surface area contributed by atoms with E-state index in [1.165, 1.54) is 6.07 Å². The Hall–Kier alpha value is -2.91. The van der Waals surface area contributed by atoms with Crippen LogP contribution in [0.15, 0.2) is 22.7 Å². The molecule has 0 radical (unpaired) electrons. The van der Waals surface area contributed by atoms with E-state index in [-0.39, 0.29) is 23.3 Å². The van der Waals surface area contributed by atoms with Crippen LogP contribution in [0.1, 0.15) is 83.8 Å². The quantitative estimate of drug-likeness (QED) is 0.600. The second-order valence-electron chi connectivity index (χ2n) is 8.37. The molecular weight excluding hydrogens is 411 g/mol. The van der Waals surface area contributed by atoms with E-state index in [4.69, 9.17) is 4.52 Å².